The first kappa shape index (κ1) is 17.5. The molecule has 6 heteroatoms. The second-order valence-corrected chi connectivity index (χ2v) is 7.33. The minimum atomic E-state index is -0.0887. The number of carbonyl (C=O) groups is 1. The molecule has 1 N–H and O–H groups in total. The molecule has 2 aromatic carbocycles. The summed E-state index contributed by atoms with van der Waals surface area (Å²) in [6.07, 6.45) is 3.65. The average Bonchev–Trinajstić information content (AvgIpc) is 3.25. The number of amides is 1. The third-order valence-corrected chi connectivity index (χ3v) is 5.45. The van der Waals surface area contributed by atoms with E-state index in [1.807, 2.05) is 60.1 Å². The quantitative estimate of drug-likeness (QED) is 0.717. The van der Waals surface area contributed by atoms with Gasteiger partial charge in [0.2, 0.25) is 0 Å². The molecule has 1 amide bonds. The van der Waals surface area contributed by atoms with E-state index in [2.05, 4.69) is 15.2 Å². The van der Waals surface area contributed by atoms with Crippen LogP contribution in [0.15, 0.2) is 66.2 Å². The summed E-state index contributed by atoms with van der Waals surface area (Å²) >= 11 is 1.66. The summed E-state index contributed by atoms with van der Waals surface area (Å²) < 4.78 is 5.91. The Morgan fingerprint density at radius 3 is 2.56 bits per heavy atom. The molecule has 0 unspecified atom stereocenters. The molecule has 27 heavy (non-hydrogen) atoms. The highest BCUT2D eigenvalue weighted by atomic mass is 32.1. The lowest BCUT2D eigenvalue weighted by molar-refractivity contribution is 0.0929. The maximum absolute atomic E-state index is 12.8. The van der Waals surface area contributed by atoms with Gasteiger partial charge in [-0.3, -0.25) is 4.79 Å². The van der Waals surface area contributed by atoms with E-state index in [0.717, 1.165) is 36.8 Å². The molecular formula is C21H21N3O2S. The molecule has 0 saturated carbocycles. The Balaban J connectivity index is 1.39. The van der Waals surface area contributed by atoms with E-state index in [1.54, 1.807) is 17.4 Å². The van der Waals surface area contributed by atoms with E-state index >= 15 is 0 Å². The average molecular weight is 379 g/mol. The third kappa shape index (κ3) is 4.28. The Morgan fingerprint density at radius 2 is 1.81 bits per heavy atom. The van der Waals surface area contributed by atoms with Crippen LogP contribution in [-0.4, -0.2) is 30.0 Å². The van der Waals surface area contributed by atoms with Gasteiger partial charge in [0.15, 0.2) is 5.13 Å². The van der Waals surface area contributed by atoms with Gasteiger partial charge in [0.05, 0.1) is 5.56 Å². The fraction of sp³-hybridized carbons (Fsp3) is 0.238. The molecule has 5 nitrogen and oxygen atoms in total. The van der Waals surface area contributed by atoms with Gasteiger partial charge in [-0.2, -0.15) is 0 Å². The van der Waals surface area contributed by atoms with Gasteiger partial charge in [0, 0.05) is 30.7 Å². The lowest BCUT2D eigenvalue weighted by atomic mass is 10.0. The van der Waals surface area contributed by atoms with E-state index in [4.69, 9.17) is 4.74 Å². The largest absolute Gasteiger partial charge is 0.457 e. The maximum Gasteiger partial charge on any atom is 0.255 e. The molecule has 138 valence electrons. The molecule has 1 fully saturated rings. The Bertz CT molecular complexity index is 875. The number of rotatable bonds is 5. The number of aromatic nitrogens is 1. The smallest absolute Gasteiger partial charge is 0.255 e. The lowest BCUT2D eigenvalue weighted by Crippen LogP contribution is -2.44. The zero-order chi connectivity index (χ0) is 18.5. The van der Waals surface area contributed by atoms with Crippen LogP contribution in [0.3, 0.4) is 0 Å². The van der Waals surface area contributed by atoms with Crippen LogP contribution in [0.4, 0.5) is 5.13 Å². The van der Waals surface area contributed by atoms with Crippen LogP contribution in [0.5, 0.6) is 11.5 Å². The summed E-state index contributed by atoms with van der Waals surface area (Å²) in [5, 5.41) is 6.21. The van der Waals surface area contributed by atoms with Gasteiger partial charge in [0.25, 0.3) is 5.91 Å². The van der Waals surface area contributed by atoms with E-state index in [-0.39, 0.29) is 11.9 Å². The van der Waals surface area contributed by atoms with Crippen molar-refractivity contribution in [3.63, 3.8) is 0 Å². The number of piperidine rings is 1. The van der Waals surface area contributed by atoms with Crippen LogP contribution in [0, 0.1) is 0 Å². The molecule has 0 spiro atoms. The molecule has 0 radical (unpaired) electrons. The van der Waals surface area contributed by atoms with Crippen molar-refractivity contribution in [1.82, 2.24) is 10.3 Å². The highest BCUT2D eigenvalue weighted by Crippen LogP contribution is 2.26. The van der Waals surface area contributed by atoms with E-state index < -0.39 is 0 Å². The molecule has 1 aliphatic rings. The summed E-state index contributed by atoms with van der Waals surface area (Å²) in [4.78, 5) is 19.5. The number of thiazole rings is 1. The van der Waals surface area contributed by atoms with Crippen molar-refractivity contribution in [3.8, 4) is 11.5 Å². The van der Waals surface area contributed by atoms with Crippen LogP contribution >= 0.6 is 11.3 Å². The number of hydrogen-bond acceptors (Lipinski definition) is 5. The highest BCUT2D eigenvalue weighted by Gasteiger charge is 2.23. The van der Waals surface area contributed by atoms with Crippen molar-refractivity contribution in [2.45, 2.75) is 18.9 Å². The van der Waals surface area contributed by atoms with Gasteiger partial charge in [-0.1, -0.05) is 30.3 Å². The van der Waals surface area contributed by atoms with E-state index in [0.29, 0.717) is 11.3 Å². The third-order valence-electron chi connectivity index (χ3n) is 4.62. The monoisotopic (exact) mass is 379 g/mol. The van der Waals surface area contributed by atoms with Crippen LogP contribution < -0.4 is 15.0 Å². The first-order chi connectivity index (χ1) is 13.3. The summed E-state index contributed by atoms with van der Waals surface area (Å²) in [6.45, 7) is 1.81. The molecule has 0 aliphatic carbocycles. The number of nitrogens with zero attached hydrogens (tertiary/aromatic N) is 2. The van der Waals surface area contributed by atoms with Gasteiger partial charge in [-0.15, -0.1) is 11.3 Å². The fourth-order valence-corrected chi connectivity index (χ4v) is 3.91. The molecule has 3 aromatic rings. The summed E-state index contributed by atoms with van der Waals surface area (Å²) in [5.74, 6) is 1.20. The number of para-hydroxylation sites is 2. The fourth-order valence-electron chi connectivity index (χ4n) is 3.21. The topological polar surface area (TPSA) is 54.5 Å². The molecular weight excluding hydrogens is 358 g/mol. The molecule has 0 atom stereocenters. The van der Waals surface area contributed by atoms with Crippen LogP contribution in [0.25, 0.3) is 0 Å². The number of hydrogen-bond donors (Lipinski definition) is 1. The van der Waals surface area contributed by atoms with Crippen molar-refractivity contribution in [3.05, 3.63) is 71.7 Å². The Kier molecular flexibility index (Phi) is 5.34. The molecule has 1 aliphatic heterocycles. The molecule has 4 rings (SSSR count). The predicted molar refractivity (Wildman–Crippen MR) is 108 cm³/mol. The maximum atomic E-state index is 12.8. The van der Waals surface area contributed by atoms with Gasteiger partial charge in [-0.05, 0) is 37.1 Å². The molecule has 1 saturated heterocycles. The minimum absolute atomic E-state index is 0.0887. The first-order valence-electron chi connectivity index (χ1n) is 9.07. The van der Waals surface area contributed by atoms with Crippen LogP contribution in [-0.2, 0) is 0 Å². The SMILES string of the molecule is O=C(NC1CCN(c2nccs2)CC1)c1ccccc1Oc1ccccc1. The molecule has 1 aromatic heterocycles. The summed E-state index contributed by atoms with van der Waals surface area (Å²) in [5.41, 5.74) is 0.559. The summed E-state index contributed by atoms with van der Waals surface area (Å²) in [7, 11) is 0. The normalized spacial score (nSPS) is 14.7. The number of nitrogens with one attached hydrogen (secondary N) is 1. The first-order valence-corrected chi connectivity index (χ1v) is 9.95. The van der Waals surface area contributed by atoms with Crippen molar-refractivity contribution < 1.29 is 9.53 Å². The number of benzene rings is 2. The van der Waals surface area contributed by atoms with E-state index in [9.17, 15) is 4.79 Å². The standard InChI is InChI=1S/C21H21N3O2S/c25-20(23-16-10-13-24(14-11-16)21-22-12-15-27-21)18-8-4-5-9-19(18)26-17-6-2-1-3-7-17/h1-9,12,15-16H,10-11,13-14H2,(H,23,25). The van der Waals surface area contributed by atoms with Crippen molar-refractivity contribution in [1.29, 1.82) is 0 Å². The minimum Gasteiger partial charge on any atom is -0.457 e. The van der Waals surface area contributed by atoms with Gasteiger partial charge >= 0.3 is 0 Å². The Morgan fingerprint density at radius 1 is 1.07 bits per heavy atom. The molecule has 2 heterocycles. The number of ether oxygens (including phenoxy) is 1. The van der Waals surface area contributed by atoms with Gasteiger partial charge in [0.1, 0.15) is 11.5 Å². The van der Waals surface area contributed by atoms with Crippen molar-refractivity contribution >= 4 is 22.4 Å². The predicted octanol–water partition coefficient (Wildman–Crippen LogP) is 4.33. The zero-order valence-corrected chi connectivity index (χ0v) is 15.7. The zero-order valence-electron chi connectivity index (χ0n) is 14.9. The number of carbonyl (C=O) groups excluding carboxylic acids is 1. The lowest BCUT2D eigenvalue weighted by Gasteiger charge is -2.32. The highest BCUT2D eigenvalue weighted by molar-refractivity contribution is 7.13. The number of anilines is 1. The van der Waals surface area contributed by atoms with Crippen LogP contribution in [0.2, 0.25) is 0 Å². The van der Waals surface area contributed by atoms with Gasteiger partial charge in [-0.25, -0.2) is 4.98 Å². The summed E-state index contributed by atoms with van der Waals surface area (Å²) in [6, 6.07) is 17.0. The van der Waals surface area contributed by atoms with Crippen molar-refractivity contribution in [2.75, 3.05) is 18.0 Å². The Hall–Kier alpha value is -2.86. The Labute approximate surface area is 162 Å². The van der Waals surface area contributed by atoms with Crippen molar-refractivity contribution in [2.24, 2.45) is 0 Å². The second kappa shape index (κ2) is 8.22. The van der Waals surface area contributed by atoms with E-state index in [1.165, 1.54) is 0 Å². The molecule has 0 bridgehead atoms. The van der Waals surface area contributed by atoms with Crippen LogP contribution in [0.1, 0.15) is 23.2 Å². The van der Waals surface area contributed by atoms with Gasteiger partial charge < -0.3 is 15.0 Å². The second-order valence-electron chi connectivity index (χ2n) is 6.46.